The molecule has 1 amide bonds. The number of morpholine rings is 1. The standard InChI is InChI=1S/C23H26N4O4/c1-16-13-26(9-10-31-16)14-18-6-4-5-17(11-18)12-24-21(28)15-27-23(30)20-8-3-2-7-19(20)22(29)25-27/h2-8,11,16H,9-10,12-15H2,1H3,(H,24,28)(H,25,29). The van der Waals surface area contributed by atoms with Crippen LogP contribution in [0.5, 0.6) is 0 Å². The number of H-pyrrole nitrogens is 1. The first kappa shape index (κ1) is 21.0. The number of fused-ring (bicyclic) bond motifs is 1. The molecule has 4 rings (SSSR count). The molecule has 2 heterocycles. The number of hydrogen-bond donors (Lipinski definition) is 2. The van der Waals surface area contributed by atoms with E-state index in [1.54, 1.807) is 24.3 Å². The van der Waals surface area contributed by atoms with Gasteiger partial charge in [-0.1, -0.05) is 36.4 Å². The fourth-order valence-electron chi connectivity index (χ4n) is 3.89. The van der Waals surface area contributed by atoms with Gasteiger partial charge in [0.15, 0.2) is 0 Å². The maximum atomic E-state index is 12.5. The SMILES string of the molecule is CC1CN(Cc2cccc(CNC(=O)Cn3[nH]c(=O)c4ccccc4c3=O)c2)CCO1. The summed E-state index contributed by atoms with van der Waals surface area (Å²) in [5.74, 6) is -0.347. The van der Waals surface area contributed by atoms with Gasteiger partial charge in [-0.3, -0.25) is 24.4 Å². The van der Waals surface area contributed by atoms with Crippen LogP contribution in [0, 0.1) is 0 Å². The minimum Gasteiger partial charge on any atom is -0.376 e. The van der Waals surface area contributed by atoms with Gasteiger partial charge in [-0.25, -0.2) is 4.68 Å². The van der Waals surface area contributed by atoms with Crippen LogP contribution in [0.2, 0.25) is 0 Å². The van der Waals surface area contributed by atoms with E-state index in [1.165, 1.54) is 5.56 Å². The molecule has 0 spiro atoms. The Hall–Kier alpha value is -3.23. The molecule has 1 unspecified atom stereocenters. The second-order valence-corrected chi connectivity index (χ2v) is 7.89. The minimum absolute atomic E-state index is 0.237. The lowest BCUT2D eigenvalue weighted by Crippen LogP contribution is -2.40. The van der Waals surface area contributed by atoms with Gasteiger partial charge in [0.05, 0.1) is 23.5 Å². The molecule has 1 aliphatic heterocycles. The van der Waals surface area contributed by atoms with Crippen LogP contribution < -0.4 is 16.4 Å². The molecule has 1 aliphatic rings. The third-order valence-electron chi connectivity index (χ3n) is 5.40. The van der Waals surface area contributed by atoms with Crippen LogP contribution in [0.3, 0.4) is 0 Å². The first-order valence-corrected chi connectivity index (χ1v) is 10.4. The molecule has 0 bridgehead atoms. The zero-order valence-electron chi connectivity index (χ0n) is 17.5. The van der Waals surface area contributed by atoms with Crippen molar-refractivity contribution in [3.05, 3.63) is 80.4 Å². The van der Waals surface area contributed by atoms with Gasteiger partial charge in [-0.2, -0.15) is 0 Å². The van der Waals surface area contributed by atoms with E-state index in [0.717, 1.165) is 36.5 Å². The normalized spacial score (nSPS) is 17.0. The number of nitrogens with one attached hydrogen (secondary N) is 2. The molecule has 1 atom stereocenters. The van der Waals surface area contributed by atoms with Crippen LogP contribution in [-0.4, -0.2) is 46.4 Å². The zero-order valence-corrected chi connectivity index (χ0v) is 17.5. The Balaban J connectivity index is 1.38. The molecule has 31 heavy (non-hydrogen) atoms. The van der Waals surface area contributed by atoms with Gasteiger partial charge in [0.2, 0.25) is 5.91 Å². The highest BCUT2D eigenvalue weighted by Gasteiger charge is 2.16. The summed E-state index contributed by atoms with van der Waals surface area (Å²) < 4.78 is 6.64. The third-order valence-corrected chi connectivity index (χ3v) is 5.40. The fourth-order valence-corrected chi connectivity index (χ4v) is 3.89. The van der Waals surface area contributed by atoms with Gasteiger partial charge < -0.3 is 10.1 Å². The molecule has 162 valence electrons. The lowest BCUT2D eigenvalue weighted by molar-refractivity contribution is -0.122. The molecular weight excluding hydrogens is 396 g/mol. The van der Waals surface area contributed by atoms with Crippen LogP contribution in [0.15, 0.2) is 58.1 Å². The van der Waals surface area contributed by atoms with E-state index in [4.69, 9.17) is 4.74 Å². The van der Waals surface area contributed by atoms with E-state index in [-0.39, 0.29) is 18.6 Å². The van der Waals surface area contributed by atoms with Crippen molar-refractivity contribution in [2.24, 2.45) is 0 Å². The monoisotopic (exact) mass is 422 g/mol. The van der Waals surface area contributed by atoms with Crippen LogP contribution in [0.25, 0.3) is 10.8 Å². The zero-order chi connectivity index (χ0) is 21.8. The number of ether oxygens (including phenoxy) is 1. The summed E-state index contributed by atoms with van der Waals surface area (Å²) in [5, 5.41) is 5.91. The van der Waals surface area contributed by atoms with Crippen LogP contribution in [0.1, 0.15) is 18.1 Å². The Bertz CT molecular complexity index is 1200. The predicted octanol–water partition coefficient (Wildman–Crippen LogP) is 1.23. The number of benzene rings is 2. The lowest BCUT2D eigenvalue weighted by Gasteiger charge is -2.31. The first-order valence-electron chi connectivity index (χ1n) is 10.4. The average molecular weight is 422 g/mol. The minimum atomic E-state index is -0.396. The molecule has 0 saturated carbocycles. The predicted molar refractivity (Wildman–Crippen MR) is 118 cm³/mol. The van der Waals surface area contributed by atoms with Crippen LogP contribution >= 0.6 is 0 Å². The van der Waals surface area contributed by atoms with Gasteiger partial charge >= 0.3 is 0 Å². The van der Waals surface area contributed by atoms with E-state index in [0.29, 0.717) is 17.3 Å². The van der Waals surface area contributed by atoms with Crippen LogP contribution in [-0.2, 0) is 29.2 Å². The molecule has 8 nitrogen and oxygen atoms in total. The summed E-state index contributed by atoms with van der Waals surface area (Å²) in [6.45, 7) is 5.56. The molecular formula is C23H26N4O4. The lowest BCUT2D eigenvalue weighted by atomic mass is 10.1. The molecule has 0 radical (unpaired) electrons. The Morgan fingerprint density at radius 1 is 1.13 bits per heavy atom. The number of aromatic nitrogens is 2. The Kier molecular flexibility index (Phi) is 6.29. The van der Waals surface area contributed by atoms with Crippen molar-refractivity contribution in [1.82, 2.24) is 20.0 Å². The van der Waals surface area contributed by atoms with E-state index in [9.17, 15) is 14.4 Å². The van der Waals surface area contributed by atoms with Gasteiger partial charge in [-0.15, -0.1) is 0 Å². The van der Waals surface area contributed by atoms with E-state index < -0.39 is 11.1 Å². The topological polar surface area (TPSA) is 96.4 Å². The van der Waals surface area contributed by atoms with Crippen LogP contribution in [0.4, 0.5) is 0 Å². The van der Waals surface area contributed by atoms with Crippen molar-refractivity contribution in [2.45, 2.75) is 32.7 Å². The van der Waals surface area contributed by atoms with Crippen molar-refractivity contribution in [2.75, 3.05) is 19.7 Å². The van der Waals surface area contributed by atoms with E-state index in [2.05, 4.69) is 34.4 Å². The van der Waals surface area contributed by atoms with Crippen molar-refractivity contribution >= 4 is 16.7 Å². The van der Waals surface area contributed by atoms with Gasteiger partial charge in [0.1, 0.15) is 6.54 Å². The maximum Gasteiger partial charge on any atom is 0.273 e. The Labute approximate surface area is 179 Å². The second-order valence-electron chi connectivity index (χ2n) is 7.89. The smallest absolute Gasteiger partial charge is 0.273 e. The molecule has 3 aromatic rings. The summed E-state index contributed by atoms with van der Waals surface area (Å²) in [7, 11) is 0. The van der Waals surface area contributed by atoms with Crippen molar-refractivity contribution in [3.63, 3.8) is 0 Å². The number of aromatic amines is 1. The highest BCUT2D eigenvalue weighted by molar-refractivity contribution is 5.81. The van der Waals surface area contributed by atoms with E-state index >= 15 is 0 Å². The quantitative estimate of drug-likeness (QED) is 0.623. The van der Waals surface area contributed by atoms with Gasteiger partial charge in [0.25, 0.3) is 11.1 Å². The van der Waals surface area contributed by atoms with Crippen molar-refractivity contribution in [3.8, 4) is 0 Å². The summed E-state index contributed by atoms with van der Waals surface area (Å²) >= 11 is 0. The number of nitrogens with zero attached hydrogens (tertiary/aromatic N) is 2. The molecule has 8 heteroatoms. The molecule has 0 aliphatic carbocycles. The van der Waals surface area contributed by atoms with Gasteiger partial charge in [0, 0.05) is 26.2 Å². The van der Waals surface area contributed by atoms with E-state index in [1.807, 2.05) is 12.1 Å². The summed E-state index contributed by atoms with van der Waals surface area (Å²) in [4.78, 5) is 39.5. The number of carbonyl (C=O) groups excluding carboxylic acids is 1. The molecule has 2 N–H and O–H groups in total. The number of rotatable bonds is 6. The van der Waals surface area contributed by atoms with Crippen molar-refractivity contribution in [1.29, 1.82) is 0 Å². The largest absolute Gasteiger partial charge is 0.376 e. The molecule has 1 saturated heterocycles. The summed E-state index contributed by atoms with van der Waals surface area (Å²) in [5.41, 5.74) is 1.36. The number of carbonyl (C=O) groups is 1. The van der Waals surface area contributed by atoms with Crippen molar-refractivity contribution < 1.29 is 9.53 Å². The third kappa shape index (κ3) is 5.10. The summed E-state index contributed by atoms with van der Waals surface area (Å²) in [6, 6.07) is 14.6. The molecule has 2 aromatic carbocycles. The number of hydrogen-bond acceptors (Lipinski definition) is 5. The molecule has 1 fully saturated rings. The fraction of sp³-hybridized carbons (Fsp3) is 0.348. The highest BCUT2D eigenvalue weighted by Crippen LogP contribution is 2.12. The summed E-state index contributed by atoms with van der Waals surface area (Å²) in [6.07, 6.45) is 0.237. The second kappa shape index (κ2) is 9.28. The van der Waals surface area contributed by atoms with Gasteiger partial charge in [-0.05, 0) is 30.2 Å². The number of amides is 1. The Morgan fingerprint density at radius 3 is 2.71 bits per heavy atom. The first-order chi connectivity index (χ1) is 15.0. The average Bonchev–Trinajstić information content (AvgIpc) is 2.76. The highest BCUT2D eigenvalue weighted by atomic mass is 16.5. The Morgan fingerprint density at radius 2 is 1.90 bits per heavy atom. The molecule has 1 aromatic heterocycles. The maximum absolute atomic E-state index is 12.5.